The van der Waals surface area contributed by atoms with Crippen LogP contribution in [-0.2, 0) is 9.59 Å². The van der Waals surface area contributed by atoms with Gasteiger partial charge in [0, 0.05) is 18.3 Å². The molecule has 3 nitrogen and oxygen atoms in total. The van der Waals surface area contributed by atoms with Gasteiger partial charge >= 0.3 is 0 Å². The van der Waals surface area contributed by atoms with E-state index in [-0.39, 0.29) is 16.6 Å². The van der Waals surface area contributed by atoms with Crippen molar-refractivity contribution in [1.29, 1.82) is 0 Å². The number of rotatable bonds is 0. The average Bonchev–Trinajstić information content (AvgIpc) is 2.79. The summed E-state index contributed by atoms with van der Waals surface area (Å²) in [6.07, 6.45) is 9.73. The number of carbonyl (C=O) groups excluding carboxylic acids is 2. The monoisotopic (exact) mass is 299 g/mol. The first-order chi connectivity index (χ1) is 10.4. The molecule has 5 atom stereocenters. The van der Waals surface area contributed by atoms with Gasteiger partial charge in [-0.05, 0) is 54.4 Å². The van der Waals surface area contributed by atoms with Crippen molar-refractivity contribution in [3.8, 4) is 0 Å². The van der Waals surface area contributed by atoms with Gasteiger partial charge in [-0.25, -0.2) is 0 Å². The van der Waals surface area contributed by atoms with Gasteiger partial charge in [0.25, 0.3) is 0 Å². The van der Waals surface area contributed by atoms with Crippen LogP contribution in [0.4, 0.5) is 0 Å². The van der Waals surface area contributed by atoms with Crippen LogP contribution in [0.1, 0.15) is 52.4 Å². The van der Waals surface area contributed by atoms with Crippen molar-refractivity contribution < 1.29 is 9.59 Å². The van der Waals surface area contributed by atoms with E-state index in [0.717, 1.165) is 37.7 Å². The van der Waals surface area contributed by atoms with E-state index in [1.165, 1.54) is 0 Å². The molecule has 118 valence electrons. The van der Waals surface area contributed by atoms with Crippen LogP contribution in [-0.4, -0.2) is 11.6 Å². The summed E-state index contributed by atoms with van der Waals surface area (Å²) in [7, 11) is 0. The number of Topliss-reactive ketones (excluding diaryl/α,β-unsaturated/α-hetero) is 2. The molecule has 22 heavy (non-hydrogen) atoms. The number of nitrogens with two attached hydrogens (primary N) is 1. The molecule has 0 radical (unpaired) electrons. The first kappa shape index (κ1) is 14.2. The van der Waals surface area contributed by atoms with Crippen LogP contribution >= 0.6 is 0 Å². The maximum absolute atomic E-state index is 12.4. The number of ketones is 2. The van der Waals surface area contributed by atoms with Crippen LogP contribution in [0.15, 0.2) is 23.4 Å². The highest BCUT2D eigenvalue weighted by Gasteiger charge is 2.58. The zero-order chi connectivity index (χ0) is 15.7. The standard InChI is InChI=1S/C19H25NO2/c1-18-10-8-15(21)17(20)14(18)4-3-11-12-5-6-16(22)19(12,2)9-7-13(11)18/h3-4,11-13H,5-10,20H2,1-2H3/t11-,12-,13+,18+,19-/m0/s1. The molecule has 0 spiro atoms. The Morgan fingerprint density at radius 3 is 2.55 bits per heavy atom. The first-order valence-electron chi connectivity index (χ1n) is 8.63. The second kappa shape index (κ2) is 4.33. The van der Waals surface area contributed by atoms with E-state index in [0.29, 0.717) is 35.7 Å². The summed E-state index contributed by atoms with van der Waals surface area (Å²) in [6.45, 7) is 4.48. The molecule has 4 rings (SSSR count). The summed E-state index contributed by atoms with van der Waals surface area (Å²) in [5.41, 5.74) is 7.58. The third-order valence-corrected chi connectivity index (χ3v) is 7.42. The number of hydrogen-bond donors (Lipinski definition) is 1. The van der Waals surface area contributed by atoms with Crippen molar-refractivity contribution in [2.45, 2.75) is 52.4 Å². The smallest absolute Gasteiger partial charge is 0.178 e. The van der Waals surface area contributed by atoms with Gasteiger partial charge in [0.15, 0.2) is 5.78 Å². The third-order valence-electron chi connectivity index (χ3n) is 7.42. The Balaban J connectivity index is 1.80. The fourth-order valence-electron chi connectivity index (χ4n) is 5.95. The summed E-state index contributed by atoms with van der Waals surface area (Å²) in [4.78, 5) is 24.3. The van der Waals surface area contributed by atoms with Crippen LogP contribution < -0.4 is 5.73 Å². The SMILES string of the molecule is C[C@]12CCC(=O)C(N)=C1C=C[C@@H]1[C@H]2CC[C@]2(C)C(=O)CC[C@@H]12. The van der Waals surface area contributed by atoms with E-state index in [4.69, 9.17) is 5.73 Å². The van der Waals surface area contributed by atoms with Crippen molar-refractivity contribution in [2.24, 2.45) is 34.3 Å². The Morgan fingerprint density at radius 2 is 1.77 bits per heavy atom. The van der Waals surface area contributed by atoms with Crippen LogP contribution in [0.5, 0.6) is 0 Å². The molecule has 2 saturated carbocycles. The van der Waals surface area contributed by atoms with E-state index in [1.54, 1.807) is 0 Å². The summed E-state index contributed by atoms with van der Waals surface area (Å²) >= 11 is 0. The lowest BCUT2D eigenvalue weighted by Gasteiger charge is -2.54. The average molecular weight is 299 g/mol. The van der Waals surface area contributed by atoms with Gasteiger partial charge in [0.1, 0.15) is 5.78 Å². The largest absolute Gasteiger partial charge is 0.396 e. The number of allylic oxidation sites excluding steroid dienone is 4. The molecule has 0 aromatic heterocycles. The highest BCUT2D eigenvalue weighted by molar-refractivity contribution is 5.97. The van der Waals surface area contributed by atoms with Crippen LogP contribution in [0.3, 0.4) is 0 Å². The maximum atomic E-state index is 12.4. The predicted octanol–water partition coefficient (Wildman–Crippen LogP) is 3.15. The Morgan fingerprint density at radius 1 is 1.05 bits per heavy atom. The highest BCUT2D eigenvalue weighted by Crippen LogP contribution is 2.62. The Labute approximate surface area is 132 Å². The zero-order valence-corrected chi connectivity index (χ0v) is 13.5. The van der Waals surface area contributed by atoms with Crippen molar-refractivity contribution in [1.82, 2.24) is 0 Å². The van der Waals surface area contributed by atoms with Gasteiger partial charge in [-0.1, -0.05) is 26.0 Å². The van der Waals surface area contributed by atoms with E-state index in [2.05, 4.69) is 26.0 Å². The molecule has 0 aromatic rings. The van der Waals surface area contributed by atoms with Crippen molar-refractivity contribution in [2.75, 3.05) is 0 Å². The second-order valence-electron chi connectivity index (χ2n) is 8.24. The van der Waals surface area contributed by atoms with Gasteiger partial charge in [-0.3, -0.25) is 9.59 Å². The minimum absolute atomic E-state index is 0.0182. The van der Waals surface area contributed by atoms with E-state index >= 15 is 0 Å². The molecule has 2 fully saturated rings. The molecular weight excluding hydrogens is 274 g/mol. The number of hydrogen-bond acceptors (Lipinski definition) is 3. The maximum Gasteiger partial charge on any atom is 0.178 e. The van der Waals surface area contributed by atoms with Gasteiger partial charge in [-0.2, -0.15) is 0 Å². The summed E-state index contributed by atoms with van der Waals surface area (Å²) < 4.78 is 0. The zero-order valence-electron chi connectivity index (χ0n) is 13.5. The molecule has 0 unspecified atom stereocenters. The van der Waals surface area contributed by atoms with Gasteiger partial charge in [0.05, 0.1) is 5.70 Å². The molecule has 0 saturated heterocycles. The van der Waals surface area contributed by atoms with Gasteiger partial charge < -0.3 is 5.73 Å². The minimum atomic E-state index is -0.112. The molecule has 3 heteroatoms. The molecule has 0 bridgehead atoms. The lowest BCUT2D eigenvalue weighted by molar-refractivity contribution is -0.130. The van der Waals surface area contributed by atoms with Gasteiger partial charge in [0.2, 0.25) is 0 Å². The Kier molecular flexibility index (Phi) is 2.80. The predicted molar refractivity (Wildman–Crippen MR) is 84.8 cm³/mol. The normalized spacial score (nSPS) is 47.3. The third kappa shape index (κ3) is 1.57. The van der Waals surface area contributed by atoms with Crippen molar-refractivity contribution in [3.63, 3.8) is 0 Å². The summed E-state index contributed by atoms with van der Waals surface area (Å²) in [5, 5.41) is 0. The fraction of sp³-hybridized carbons (Fsp3) is 0.684. The van der Waals surface area contributed by atoms with Gasteiger partial charge in [-0.15, -0.1) is 0 Å². The van der Waals surface area contributed by atoms with Crippen molar-refractivity contribution in [3.05, 3.63) is 23.4 Å². The molecule has 0 aliphatic heterocycles. The Hall–Kier alpha value is -1.38. The van der Waals surface area contributed by atoms with Crippen molar-refractivity contribution >= 4 is 11.6 Å². The van der Waals surface area contributed by atoms with E-state index in [9.17, 15) is 9.59 Å². The number of fused-ring (bicyclic) bond motifs is 5. The van der Waals surface area contributed by atoms with E-state index < -0.39 is 0 Å². The lowest BCUT2D eigenvalue weighted by atomic mass is 9.49. The second-order valence-corrected chi connectivity index (χ2v) is 8.24. The molecule has 4 aliphatic carbocycles. The lowest BCUT2D eigenvalue weighted by Crippen LogP contribution is -2.50. The topological polar surface area (TPSA) is 60.2 Å². The molecular formula is C19H25NO2. The van der Waals surface area contributed by atoms with Crippen LogP contribution in [0.25, 0.3) is 0 Å². The summed E-state index contributed by atoms with van der Waals surface area (Å²) in [5.74, 6) is 2.05. The quantitative estimate of drug-likeness (QED) is 0.747. The Bertz CT molecular complexity index is 631. The number of carbonyl (C=O) groups is 2. The molecule has 0 aromatic carbocycles. The fourth-order valence-corrected chi connectivity index (χ4v) is 5.95. The summed E-state index contributed by atoms with van der Waals surface area (Å²) in [6, 6.07) is 0. The minimum Gasteiger partial charge on any atom is -0.396 e. The first-order valence-corrected chi connectivity index (χ1v) is 8.63. The molecule has 0 amide bonds. The molecule has 4 aliphatic rings. The van der Waals surface area contributed by atoms with E-state index in [1.807, 2.05) is 0 Å². The van der Waals surface area contributed by atoms with Crippen LogP contribution in [0.2, 0.25) is 0 Å². The molecule has 2 N–H and O–H groups in total. The molecule has 0 heterocycles. The van der Waals surface area contributed by atoms with Crippen LogP contribution in [0, 0.1) is 28.6 Å². The highest BCUT2D eigenvalue weighted by atomic mass is 16.1.